The number of fused-ring (bicyclic) bond motifs is 2. The molecule has 0 spiro atoms. The van der Waals surface area contributed by atoms with Gasteiger partial charge in [0.1, 0.15) is 23.0 Å². The second-order valence-corrected chi connectivity index (χ2v) is 10.4. The summed E-state index contributed by atoms with van der Waals surface area (Å²) in [7, 11) is 1.49. The van der Waals surface area contributed by atoms with Gasteiger partial charge in [-0.1, -0.05) is 0 Å². The SMILES string of the molecule is [C-]#[N+]c1cc(-c2nc3cc(F)c(O[C@@H]4CCC[C@@H]4OC(=O)Nc4cnc(C)nc4)cc3s2)c2ncc(OC)nc2c1. The molecule has 1 N–H and O–H groups in total. The van der Waals surface area contributed by atoms with Crippen molar-refractivity contribution in [2.45, 2.75) is 38.4 Å². The molecule has 3 heterocycles. The second-order valence-electron chi connectivity index (χ2n) is 9.33. The highest BCUT2D eigenvalue weighted by Crippen LogP contribution is 2.39. The smallest absolute Gasteiger partial charge is 0.412 e. The number of ether oxygens (including phenoxy) is 3. The largest absolute Gasteiger partial charge is 0.483 e. The zero-order valence-electron chi connectivity index (χ0n) is 21.9. The molecular weight excluding hydrogens is 549 g/mol. The first kappa shape index (κ1) is 26.3. The predicted octanol–water partition coefficient (Wildman–Crippen LogP) is 6.25. The Balaban J connectivity index is 1.24. The molecule has 0 radical (unpaired) electrons. The van der Waals surface area contributed by atoms with Crippen LogP contribution in [0, 0.1) is 19.3 Å². The van der Waals surface area contributed by atoms with Gasteiger partial charge < -0.3 is 14.2 Å². The fraction of sp³-hybridized carbons (Fsp3) is 0.250. The van der Waals surface area contributed by atoms with E-state index in [-0.39, 0.29) is 5.75 Å². The number of anilines is 1. The van der Waals surface area contributed by atoms with Crippen LogP contribution < -0.4 is 14.8 Å². The lowest BCUT2D eigenvalue weighted by Gasteiger charge is -2.22. The van der Waals surface area contributed by atoms with Crippen LogP contribution in [0.15, 0.2) is 42.9 Å². The molecule has 41 heavy (non-hydrogen) atoms. The fourth-order valence-corrected chi connectivity index (χ4v) is 5.61. The summed E-state index contributed by atoms with van der Waals surface area (Å²) in [6.45, 7) is 9.23. The maximum Gasteiger partial charge on any atom is 0.412 e. The van der Waals surface area contributed by atoms with Gasteiger partial charge >= 0.3 is 6.09 Å². The summed E-state index contributed by atoms with van der Waals surface area (Å²) < 4.78 is 32.7. The summed E-state index contributed by atoms with van der Waals surface area (Å²) in [4.78, 5) is 37.6. The summed E-state index contributed by atoms with van der Waals surface area (Å²) in [5, 5.41) is 3.16. The van der Waals surface area contributed by atoms with E-state index in [2.05, 4.69) is 35.1 Å². The maximum absolute atomic E-state index is 15.2. The van der Waals surface area contributed by atoms with E-state index in [9.17, 15) is 4.79 Å². The highest BCUT2D eigenvalue weighted by molar-refractivity contribution is 7.21. The van der Waals surface area contributed by atoms with E-state index in [0.29, 0.717) is 67.7 Å². The molecular formula is C28H22FN7O4S. The maximum atomic E-state index is 15.2. The number of nitrogens with one attached hydrogen (secondary N) is 1. The normalized spacial score (nSPS) is 16.4. The van der Waals surface area contributed by atoms with Gasteiger partial charge in [0.25, 0.3) is 0 Å². The number of thiazole rings is 1. The number of carbonyl (C=O) groups is 1. The number of hydrogen-bond acceptors (Lipinski definition) is 10. The highest BCUT2D eigenvalue weighted by atomic mass is 32.1. The van der Waals surface area contributed by atoms with Gasteiger partial charge in [0, 0.05) is 17.7 Å². The fourth-order valence-electron chi connectivity index (χ4n) is 4.62. The van der Waals surface area contributed by atoms with Crippen LogP contribution in [0.2, 0.25) is 0 Å². The molecule has 6 rings (SSSR count). The lowest BCUT2D eigenvalue weighted by atomic mass is 10.1. The van der Waals surface area contributed by atoms with Crippen LogP contribution in [-0.4, -0.2) is 50.3 Å². The summed E-state index contributed by atoms with van der Waals surface area (Å²) >= 11 is 1.32. The Morgan fingerprint density at radius 2 is 1.88 bits per heavy atom. The van der Waals surface area contributed by atoms with E-state index in [1.807, 2.05) is 0 Å². The molecule has 11 nitrogen and oxygen atoms in total. The van der Waals surface area contributed by atoms with Crippen molar-refractivity contribution in [1.29, 1.82) is 0 Å². The van der Waals surface area contributed by atoms with Crippen molar-refractivity contribution >= 4 is 50.1 Å². The van der Waals surface area contributed by atoms with Gasteiger partial charge in [-0.3, -0.25) is 5.32 Å². The van der Waals surface area contributed by atoms with Gasteiger partial charge in [-0.05, 0) is 38.3 Å². The molecule has 1 aliphatic rings. The second kappa shape index (κ2) is 10.9. The van der Waals surface area contributed by atoms with Crippen LogP contribution in [-0.2, 0) is 4.74 Å². The summed E-state index contributed by atoms with van der Waals surface area (Å²) in [5.74, 6) is 0.379. The van der Waals surface area contributed by atoms with Crippen molar-refractivity contribution in [3.63, 3.8) is 0 Å². The van der Waals surface area contributed by atoms with Crippen molar-refractivity contribution in [2.24, 2.45) is 0 Å². The van der Waals surface area contributed by atoms with E-state index >= 15 is 4.39 Å². The number of rotatable bonds is 6. The Morgan fingerprint density at radius 1 is 1.07 bits per heavy atom. The van der Waals surface area contributed by atoms with E-state index in [1.54, 1.807) is 25.1 Å². The van der Waals surface area contributed by atoms with E-state index in [1.165, 1.54) is 43.1 Å². The molecule has 0 aliphatic heterocycles. The standard InChI is InChI=1S/C28H22FN7O4S/c1-14-31-11-16(12-32-14)34-28(37)40-22-6-4-5-21(22)39-23-10-24-19(9-18(23)29)36-27(41-24)17-7-15(30-2)8-20-26(17)33-13-25(35-20)38-3/h7-13,21-22H,4-6H2,1,3H3,(H,34,37)/t21-,22+/m1/s1. The number of hydrogen-bond donors (Lipinski definition) is 1. The summed E-state index contributed by atoms with van der Waals surface area (Å²) in [6.07, 6.45) is 4.72. The van der Waals surface area contributed by atoms with Crippen molar-refractivity contribution < 1.29 is 23.4 Å². The monoisotopic (exact) mass is 571 g/mol. The third kappa shape index (κ3) is 5.42. The Bertz CT molecular complexity index is 1820. The number of benzene rings is 2. The highest BCUT2D eigenvalue weighted by Gasteiger charge is 2.33. The molecule has 5 aromatic rings. The molecule has 13 heteroatoms. The molecule has 1 aliphatic carbocycles. The first-order valence-electron chi connectivity index (χ1n) is 12.7. The molecule has 1 fully saturated rings. The molecule has 3 aromatic heterocycles. The molecule has 2 aromatic carbocycles. The van der Waals surface area contributed by atoms with Crippen LogP contribution in [0.25, 0.3) is 36.7 Å². The molecule has 1 saturated carbocycles. The third-order valence-corrected chi connectivity index (χ3v) is 7.63. The van der Waals surface area contributed by atoms with E-state index < -0.39 is 24.1 Å². The van der Waals surface area contributed by atoms with Gasteiger partial charge in [0.15, 0.2) is 17.3 Å². The first-order valence-corrected chi connectivity index (χ1v) is 13.5. The third-order valence-electron chi connectivity index (χ3n) is 6.58. The van der Waals surface area contributed by atoms with Crippen molar-refractivity contribution in [1.82, 2.24) is 24.9 Å². The Hall–Kier alpha value is -4.96. The molecule has 0 unspecified atom stereocenters. The summed E-state index contributed by atoms with van der Waals surface area (Å²) in [5.41, 5.74) is 2.88. The van der Waals surface area contributed by atoms with E-state index in [0.717, 1.165) is 6.42 Å². The number of aryl methyl sites for hydroxylation is 1. The Labute approximate surface area is 237 Å². The zero-order chi connectivity index (χ0) is 28.5. The minimum Gasteiger partial charge on any atom is -0.483 e. The number of nitrogens with zero attached hydrogens (tertiary/aromatic N) is 6. The molecule has 0 bridgehead atoms. The van der Waals surface area contributed by atoms with Crippen LogP contribution in [0.5, 0.6) is 11.6 Å². The predicted molar refractivity (Wildman–Crippen MR) is 150 cm³/mol. The Morgan fingerprint density at radius 3 is 2.66 bits per heavy atom. The number of methoxy groups -OCH3 is 1. The lowest BCUT2D eigenvalue weighted by Crippen LogP contribution is -2.32. The van der Waals surface area contributed by atoms with Gasteiger partial charge in [-0.15, -0.1) is 11.3 Å². The average Bonchev–Trinajstić information content (AvgIpc) is 3.59. The molecule has 1 amide bonds. The number of halogens is 1. The van der Waals surface area contributed by atoms with Crippen LogP contribution in [0.1, 0.15) is 25.1 Å². The van der Waals surface area contributed by atoms with Crippen LogP contribution in [0.4, 0.5) is 20.6 Å². The Kier molecular flexibility index (Phi) is 6.98. The number of aromatic nitrogens is 5. The first-order chi connectivity index (χ1) is 19.9. The van der Waals surface area contributed by atoms with E-state index in [4.69, 9.17) is 20.8 Å². The van der Waals surface area contributed by atoms with Crippen molar-refractivity contribution in [3.05, 3.63) is 65.9 Å². The van der Waals surface area contributed by atoms with Crippen LogP contribution >= 0.6 is 11.3 Å². The minimum absolute atomic E-state index is 0.0461. The number of carbonyl (C=O) groups excluding carboxylic acids is 1. The quantitative estimate of drug-likeness (QED) is 0.235. The lowest BCUT2D eigenvalue weighted by molar-refractivity contribution is 0.0400. The summed E-state index contributed by atoms with van der Waals surface area (Å²) in [6, 6.07) is 6.24. The van der Waals surface area contributed by atoms with Gasteiger partial charge in [0.2, 0.25) is 5.88 Å². The molecule has 0 saturated heterocycles. The van der Waals surface area contributed by atoms with Gasteiger partial charge in [-0.25, -0.2) is 38.9 Å². The zero-order valence-corrected chi connectivity index (χ0v) is 22.7. The van der Waals surface area contributed by atoms with Gasteiger partial charge in [-0.2, -0.15) is 0 Å². The topological polar surface area (TPSA) is 126 Å². The number of amides is 1. The molecule has 2 atom stereocenters. The van der Waals surface area contributed by atoms with Gasteiger partial charge in [0.05, 0.1) is 59.2 Å². The van der Waals surface area contributed by atoms with Crippen molar-refractivity contribution in [2.75, 3.05) is 12.4 Å². The van der Waals surface area contributed by atoms with Crippen LogP contribution in [0.3, 0.4) is 0 Å². The van der Waals surface area contributed by atoms with Crippen molar-refractivity contribution in [3.8, 4) is 22.2 Å². The average molecular weight is 572 g/mol. The minimum atomic E-state index is -0.657. The molecule has 206 valence electrons.